The van der Waals surface area contributed by atoms with Gasteiger partial charge in [0.15, 0.2) is 11.6 Å². The van der Waals surface area contributed by atoms with Gasteiger partial charge < -0.3 is 14.4 Å². The SMILES string of the molecule is COCCN1C2=C(C(=O)CC(C)(C)C2)C(c2cc(Br)cc(Br)c2OCc2ccccc2)C2=C1CC(C)(C)CC2=O. The molecule has 7 heteroatoms. The lowest BCUT2D eigenvalue weighted by Gasteiger charge is -2.49. The van der Waals surface area contributed by atoms with Crippen molar-refractivity contribution in [3.8, 4) is 5.75 Å². The molecular formula is C33H37Br2NO4. The van der Waals surface area contributed by atoms with Crippen LogP contribution < -0.4 is 4.74 Å². The van der Waals surface area contributed by atoms with Crippen LogP contribution in [0.1, 0.15) is 70.4 Å². The molecule has 0 aromatic heterocycles. The van der Waals surface area contributed by atoms with E-state index in [0.717, 1.165) is 55.5 Å². The van der Waals surface area contributed by atoms with Crippen molar-refractivity contribution in [2.75, 3.05) is 20.3 Å². The predicted octanol–water partition coefficient (Wildman–Crippen LogP) is 8.12. The maximum Gasteiger partial charge on any atom is 0.162 e. The van der Waals surface area contributed by atoms with Gasteiger partial charge in [-0.1, -0.05) is 74.0 Å². The highest BCUT2D eigenvalue weighted by atomic mass is 79.9. The second-order valence-electron chi connectivity index (χ2n) is 12.8. The summed E-state index contributed by atoms with van der Waals surface area (Å²) in [6.07, 6.45) is 2.40. The highest BCUT2D eigenvalue weighted by molar-refractivity contribution is 9.11. The number of ether oxygens (including phenoxy) is 2. The molecule has 5 nitrogen and oxygen atoms in total. The van der Waals surface area contributed by atoms with Gasteiger partial charge in [-0.2, -0.15) is 0 Å². The van der Waals surface area contributed by atoms with Crippen LogP contribution in [0.15, 0.2) is 74.0 Å². The van der Waals surface area contributed by atoms with Crippen LogP contribution in [0.5, 0.6) is 5.75 Å². The number of halogens is 2. The highest BCUT2D eigenvalue weighted by Gasteiger charge is 2.49. The van der Waals surface area contributed by atoms with Crippen LogP contribution >= 0.6 is 31.9 Å². The van der Waals surface area contributed by atoms with E-state index in [0.29, 0.717) is 38.3 Å². The molecule has 0 fully saturated rings. The number of carbonyl (C=O) groups is 2. The Morgan fingerprint density at radius 3 is 2.00 bits per heavy atom. The van der Waals surface area contributed by atoms with Crippen LogP contribution in [-0.4, -0.2) is 36.7 Å². The van der Waals surface area contributed by atoms with E-state index in [1.807, 2.05) is 42.5 Å². The first-order valence-corrected chi connectivity index (χ1v) is 15.4. The molecule has 0 radical (unpaired) electrons. The summed E-state index contributed by atoms with van der Waals surface area (Å²) in [4.78, 5) is 30.5. The Hall–Kier alpha value is -2.22. The van der Waals surface area contributed by atoms with Crippen LogP contribution in [-0.2, 0) is 20.9 Å². The fourth-order valence-corrected chi connectivity index (χ4v) is 7.86. The highest BCUT2D eigenvalue weighted by Crippen LogP contribution is 2.56. The molecule has 2 aromatic rings. The zero-order chi connectivity index (χ0) is 28.8. The molecule has 2 aliphatic carbocycles. The van der Waals surface area contributed by atoms with E-state index in [4.69, 9.17) is 9.47 Å². The summed E-state index contributed by atoms with van der Waals surface area (Å²) in [5, 5.41) is 0. The number of methoxy groups -OCH3 is 1. The second kappa shape index (κ2) is 11.2. The van der Waals surface area contributed by atoms with E-state index >= 15 is 0 Å². The van der Waals surface area contributed by atoms with Crippen molar-refractivity contribution >= 4 is 43.4 Å². The number of hydrogen-bond acceptors (Lipinski definition) is 5. The second-order valence-corrected chi connectivity index (χ2v) is 14.5. The van der Waals surface area contributed by atoms with Gasteiger partial charge in [-0.05, 0) is 57.3 Å². The fourth-order valence-electron chi connectivity index (χ4n) is 6.49. The number of rotatable bonds is 7. The van der Waals surface area contributed by atoms with E-state index in [2.05, 4.69) is 64.5 Å². The Bertz CT molecular complexity index is 1350. The molecule has 0 N–H and O–H groups in total. The van der Waals surface area contributed by atoms with E-state index in [9.17, 15) is 9.59 Å². The normalized spacial score (nSPS) is 20.5. The third-order valence-corrected chi connectivity index (χ3v) is 9.16. The van der Waals surface area contributed by atoms with Crippen molar-refractivity contribution in [3.63, 3.8) is 0 Å². The van der Waals surface area contributed by atoms with Gasteiger partial charge in [0, 0.05) is 65.0 Å². The van der Waals surface area contributed by atoms with Gasteiger partial charge in [-0.3, -0.25) is 9.59 Å². The third kappa shape index (κ3) is 5.75. The minimum absolute atomic E-state index is 0.105. The van der Waals surface area contributed by atoms with Crippen LogP contribution in [0.2, 0.25) is 0 Å². The molecule has 0 saturated carbocycles. The zero-order valence-electron chi connectivity index (χ0n) is 23.9. The molecule has 0 atom stereocenters. The van der Waals surface area contributed by atoms with Crippen molar-refractivity contribution in [1.29, 1.82) is 0 Å². The monoisotopic (exact) mass is 669 g/mol. The molecular weight excluding hydrogens is 634 g/mol. The molecule has 1 heterocycles. The van der Waals surface area contributed by atoms with Crippen molar-refractivity contribution in [3.05, 3.63) is 85.1 Å². The Balaban J connectivity index is 1.74. The van der Waals surface area contributed by atoms with E-state index < -0.39 is 5.92 Å². The van der Waals surface area contributed by atoms with Crippen LogP contribution in [0.3, 0.4) is 0 Å². The smallest absolute Gasteiger partial charge is 0.162 e. The summed E-state index contributed by atoms with van der Waals surface area (Å²) in [5.74, 6) is 0.382. The largest absolute Gasteiger partial charge is 0.487 e. The summed E-state index contributed by atoms with van der Waals surface area (Å²) >= 11 is 7.43. The lowest BCUT2D eigenvalue weighted by atomic mass is 9.63. The van der Waals surface area contributed by atoms with Crippen molar-refractivity contribution < 1.29 is 19.1 Å². The van der Waals surface area contributed by atoms with E-state index in [-0.39, 0.29) is 22.4 Å². The summed E-state index contributed by atoms with van der Waals surface area (Å²) in [6.45, 7) is 10.1. The van der Waals surface area contributed by atoms with Gasteiger partial charge in [0.1, 0.15) is 12.4 Å². The topological polar surface area (TPSA) is 55.8 Å². The first-order chi connectivity index (χ1) is 18.9. The lowest BCUT2D eigenvalue weighted by Crippen LogP contribution is -2.45. The molecule has 2 aromatic carbocycles. The molecule has 0 saturated heterocycles. The van der Waals surface area contributed by atoms with Crippen LogP contribution in [0, 0.1) is 10.8 Å². The molecule has 0 unspecified atom stereocenters. The molecule has 3 aliphatic rings. The quantitative estimate of drug-likeness (QED) is 0.298. The van der Waals surface area contributed by atoms with Crippen molar-refractivity contribution in [2.24, 2.45) is 10.8 Å². The number of benzene rings is 2. The van der Waals surface area contributed by atoms with Gasteiger partial charge >= 0.3 is 0 Å². The Morgan fingerprint density at radius 1 is 0.875 bits per heavy atom. The summed E-state index contributed by atoms with van der Waals surface area (Å²) < 4.78 is 13.6. The van der Waals surface area contributed by atoms with Crippen LogP contribution in [0.25, 0.3) is 0 Å². The van der Waals surface area contributed by atoms with Crippen LogP contribution in [0.4, 0.5) is 0 Å². The van der Waals surface area contributed by atoms with E-state index in [1.54, 1.807) is 7.11 Å². The number of allylic oxidation sites excluding steroid dienone is 4. The first kappa shape index (κ1) is 29.3. The number of carbonyl (C=O) groups excluding carboxylic acids is 2. The predicted molar refractivity (Wildman–Crippen MR) is 164 cm³/mol. The third-order valence-electron chi connectivity index (χ3n) is 8.11. The summed E-state index contributed by atoms with van der Waals surface area (Å²) in [7, 11) is 1.69. The standard InChI is InChI=1S/C33H37Br2NO4/c1-32(2)15-24-29(26(37)17-32)28(30-25(36(24)11-12-39-5)16-33(3,4)18-27(30)38)22-13-21(34)14-23(35)31(22)40-19-20-9-7-6-8-10-20/h6-10,13-14,28H,11-12,15-19H2,1-5H3. The minimum atomic E-state index is -0.490. The van der Waals surface area contributed by atoms with Gasteiger partial charge in [-0.15, -0.1) is 0 Å². The maximum absolute atomic E-state index is 14.1. The molecule has 0 spiro atoms. The first-order valence-electron chi connectivity index (χ1n) is 13.9. The molecule has 0 bridgehead atoms. The number of nitrogens with zero attached hydrogens (tertiary/aromatic N) is 1. The van der Waals surface area contributed by atoms with Gasteiger partial charge in [0.05, 0.1) is 11.1 Å². The Labute approximate surface area is 254 Å². The number of hydrogen-bond donors (Lipinski definition) is 0. The van der Waals surface area contributed by atoms with Gasteiger partial charge in [0.25, 0.3) is 0 Å². The molecule has 212 valence electrons. The molecule has 40 heavy (non-hydrogen) atoms. The average Bonchev–Trinajstić information content (AvgIpc) is 2.85. The number of Topliss-reactive ketones (excluding diaryl/α,β-unsaturated/α-hetero) is 2. The van der Waals surface area contributed by atoms with Crippen molar-refractivity contribution in [2.45, 2.75) is 65.9 Å². The average molecular weight is 671 g/mol. The summed E-state index contributed by atoms with van der Waals surface area (Å²) in [6, 6.07) is 14.0. The number of ketones is 2. The Kier molecular flexibility index (Phi) is 8.21. The minimum Gasteiger partial charge on any atom is -0.487 e. The van der Waals surface area contributed by atoms with Gasteiger partial charge in [0.2, 0.25) is 0 Å². The molecule has 5 rings (SSSR count). The lowest BCUT2D eigenvalue weighted by molar-refractivity contribution is -0.119. The molecule has 1 aliphatic heterocycles. The molecule has 0 amide bonds. The fraction of sp³-hybridized carbons (Fsp3) is 0.455. The summed E-state index contributed by atoms with van der Waals surface area (Å²) in [5.41, 5.74) is 5.04. The maximum atomic E-state index is 14.1. The van der Waals surface area contributed by atoms with Crippen molar-refractivity contribution in [1.82, 2.24) is 4.90 Å². The zero-order valence-corrected chi connectivity index (χ0v) is 27.1. The Morgan fingerprint density at radius 2 is 1.45 bits per heavy atom. The van der Waals surface area contributed by atoms with Gasteiger partial charge in [-0.25, -0.2) is 0 Å². The van der Waals surface area contributed by atoms with E-state index in [1.165, 1.54) is 0 Å².